The number of nitrogens with one attached hydrogen (secondary N) is 3. The molecule has 30 heavy (non-hydrogen) atoms. The summed E-state index contributed by atoms with van der Waals surface area (Å²) in [5.41, 5.74) is 6.61. The summed E-state index contributed by atoms with van der Waals surface area (Å²) in [4.78, 5) is 48.0. The number of carbonyl (C=O) groups excluding carboxylic acids is 3. The van der Waals surface area contributed by atoms with Crippen LogP contribution in [0.15, 0.2) is 30.3 Å². The summed E-state index contributed by atoms with van der Waals surface area (Å²) in [6.45, 7) is 3.30. The highest BCUT2D eigenvalue weighted by Gasteiger charge is 2.26. The summed E-state index contributed by atoms with van der Waals surface area (Å²) in [6.07, 6.45) is 0.818. The molecule has 4 unspecified atom stereocenters. The average Bonchev–Trinajstić information content (AvgIpc) is 2.74. The van der Waals surface area contributed by atoms with Gasteiger partial charge in [-0.1, -0.05) is 50.6 Å². The molecule has 1 aromatic rings. The minimum absolute atomic E-state index is 0.0121. The number of hydrogen-bond donors (Lipinski definition) is 6. The van der Waals surface area contributed by atoms with Gasteiger partial charge in [0.25, 0.3) is 0 Å². The van der Waals surface area contributed by atoms with Crippen molar-refractivity contribution >= 4 is 36.3 Å². The number of thiol groups is 1. The van der Waals surface area contributed by atoms with Gasteiger partial charge in [0, 0.05) is 12.2 Å². The third kappa shape index (κ3) is 8.42. The Hall–Kier alpha value is -2.59. The van der Waals surface area contributed by atoms with E-state index in [1.54, 1.807) is 30.3 Å². The van der Waals surface area contributed by atoms with E-state index in [0.717, 1.165) is 5.56 Å². The van der Waals surface area contributed by atoms with Gasteiger partial charge in [-0.3, -0.25) is 14.4 Å². The third-order valence-electron chi connectivity index (χ3n) is 4.71. The highest BCUT2D eigenvalue weighted by atomic mass is 32.1. The number of benzene rings is 1. The molecule has 1 aromatic carbocycles. The lowest BCUT2D eigenvalue weighted by atomic mass is 9.99. The Balaban J connectivity index is 2.57. The summed E-state index contributed by atoms with van der Waals surface area (Å²) in [5, 5.41) is 16.6. The van der Waals surface area contributed by atoms with Crippen molar-refractivity contribution < 1.29 is 24.3 Å². The van der Waals surface area contributed by atoms with Crippen molar-refractivity contribution in [2.24, 2.45) is 11.7 Å². The molecule has 0 spiro atoms. The lowest BCUT2D eigenvalue weighted by Crippen LogP contribution is -2.55. The number of rotatable bonds is 12. The van der Waals surface area contributed by atoms with E-state index in [0.29, 0.717) is 6.42 Å². The van der Waals surface area contributed by atoms with Gasteiger partial charge >= 0.3 is 5.97 Å². The molecular weight excluding hydrogens is 408 g/mol. The monoisotopic (exact) mass is 438 g/mol. The van der Waals surface area contributed by atoms with Crippen LogP contribution in [0.25, 0.3) is 0 Å². The van der Waals surface area contributed by atoms with Crippen LogP contribution in [-0.2, 0) is 25.6 Å². The second-order valence-electron chi connectivity index (χ2n) is 7.02. The maximum absolute atomic E-state index is 12.3. The summed E-state index contributed by atoms with van der Waals surface area (Å²) < 4.78 is 0. The van der Waals surface area contributed by atoms with Gasteiger partial charge in [0.05, 0.1) is 12.6 Å². The fourth-order valence-electron chi connectivity index (χ4n) is 2.56. The zero-order valence-electron chi connectivity index (χ0n) is 17.1. The quantitative estimate of drug-likeness (QED) is 0.247. The topological polar surface area (TPSA) is 151 Å². The molecule has 166 valence electrons. The van der Waals surface area contributed by atoms with Crippen molar-refractivity contribution in [3.8, 4) is 0 Å². The Morgan fingerprint density at radius 2 is 1.70 bits per heavy atom. The molecule has 0 aliphatic carbocycles. The summed E-state index contributed by atoms with van der Waals surface area (Å²) in [7, 11) is 0. The Bertz CT molecular complexity index is 731. The van der Waals surface area contributed by atoms with Crippen molar-refractivity contribution in [2.45, 2.75) is 44.8 Å². The molecule has 0 aromatic heterocycles. The molecule has 9 nitrogen and oxygen atoms in total. The molecular formula is C20H30N4O5S. The predicted octanol–water partition coefficient (Wildman–Crippen LogP) is -0.297. The normalized spacial score (nSPS) is 14.7. The first-order chi connectivity index (χ1) is 14.2. The molecule has 6 N–H and O–H groups in total. The molecule has 0 radical (unpaired) electrons. The SMILES string of the molecule is CCC(C)C(N)C(=O)NC(CS)C(=O)NCC(=O)NC(Cc1ccccc1)C(=O)O. The summed E-state index contributed by atoms with van der Waals surface area (Å²) >= 11 is 4.06. The number of carboxylic acids is 1. The smallest absolute Gasteiger partial charge is 0.326 e. The Morgan fingerprint density at radius 1 is 1.07 bits per heavy atom. The average molecular weight is 439 g/mol. The van der Waals surface area contributed by atoms with E-state index in [1.165, 1.54) is 0 Å². The highest BCUT2D eigenvalue weighted by Crippen LogP contribution is 2.06. The number of carbonyl (C=O) groups is 4. The molecule has 4 atom stereocenters. The molecule has 0 heterocycles. The molecule has 1 rings (SSSR count). The fraction of sp³-hybridized carbons (Fsp3) is 0.500. The Labute approximate surface area is 181 Å². The van der Waals surface area contributed by atoms with Gasteiger partial charge in [0.15, 0.2) is 0 Å². The standard InChI is InChI=1S/C20H30N4O5S/c1-3-12(2)17(21)19(27)24-15(11-30)18(26)22-10-16(25)23-14(20(28)29)9-13-7-5-4-6-8-13/h4-8,12,14-15,17,30H,3,9-11,21H2,1-2H3,(H,22,26)(H,23,25)(H,24,27)(H,28,29). The number of hydrogen-bond acceptors (Lipinski definition) is 6. The van der Waals surface area contributed by atoms with Crippen molar-refractivity contribution in [3.05, 3.63) is 35.9 Å². The minimum Gasteiger partial charge on any atom is -0.480 e. The largest absolute Gasteiger partial charge is 0.480 e. The van der Waals surface area contributed by atoms with E-state index in [1.807, 2.05) is 13.8 Å². The first-order valence-electron chi connectivity index (χ1n) is 9.70. The van der Waals surface area contributed by atoms with Gasteiger partial charge in [-0.25, -0.2) is 4.79 Å². The van der Waals surface area contributed by atoms with E-state index in [9.17, 15) is 24.3 Å². The highest BCUT2D eigenvalue weighted by molar-refractivity contribution is 7.80. The molecule has 0 aliphatic heterocycles. The zero-order valence-corrected chi connectivity index (χ0v) is 18.0. The first kappa shape index (κ1) is 25.4. The van der Waals surface area contributed by atoms with Crippen LogP contribution < -0.4 is 21.7 Å². The van der Waals surface area contributed by atoms with Gasteiger partial charge in [0.1, 0.15) is 12.1 Å². The summed E-state index contributed by atoms with van der Waals surface area (Å²) in [6, 6.07) is 6.00. The van der Waals surface area contributed by atoms with Crippen LogP contribution in [0.1, 0.15) is 25.8 Å². The van der Waals surface area contributed by atoms with E-state index in [4.69, 9.17) is 5.73 Å². The van der Waals surface area contributed by atoms with Crippen molar-refractivity contribution in [2.75, 3.05) is 12.3 Å². The lowest BCUT2D eigenvalue weighted by molar-refractivity contribution is -0.141. The molecule has 0 saturated heterocycles. The number of amides is 3. The van der Waals surface area contributed by atoms with Crippen LogP contribution in [0.4, 0.5) is 0 Å². The van der Waals surface area contributed by atoms with E-state index >= 15 is 0 Å². The van der Waals surface area contributed by atoms with Crippen LogP contribution in [0.2, 0.25) is 0 Å². The molecule has 0 bridgehead atoms. The van der Waals surface area contributed by atoms with Crippen molar-refractivity contribution in [1.82, 2.24) is 16.0 Å². The van der Waals surface area contributed by atoms with E-state index < -0.39 is 48.4 Å². The minimum atomic E-state index is -1.18. The van der Waals surface area contributed by atoms with Gasteiger partial charge in [-0.05, 0) is 11.5 Å². The molecule has 10 heteroatoms. The molecule has 0 saturated carbocycles. The summed E-state index contributed by atoms with van der Waals surface area (Å²) in [5.74, 6) is -2.98. The molecule has 0 aliphatic rings. The Kier molecular flexibility index (Phi) is 10.9. The van der Waals surface area contributed by atoms with Gasteiger partial charge in [-0.2, -0.15) is 12.6 Å². The number of nitrogens with two attached hydrogens (primary N) is 1. The molecule has 0 fully saturated rings. The lowest BCUT2D eigenvalue weighted by Gasteiger charge is -2.22. The van der Waals surface area contributed by atoms with Crippen LogP contribution in [0, 0.1) is 5.92 Å². The van der Waals surface area contributed by atoms with Crippen LogP contribution >= 0.6 is 12.6 Å². The molecule has 3 amide bonds. The van der Waals surface area contributed by atoms with Crippen LogP contribution in [0.3, 0.4) is 0 Å². The second kappa shape index (κ2) is 12.9. The van der Waals surface area contributed by atoms with Crippen molar-refractivity contribution in [1.29, 1.82) is 0 Å². The van der Waals surface area contributed by atoms with E-state index in [-0.39, 0.29) is 18.1 Å². The van der Waals surface area contributed by atoms with Crippen LogP contribution in [0.5, 0.6) is 0 Å². The number of carboxylic acid groups (broad SMARTS) is 1. The Morgan fingerprint density at radius 3 is 2.23 bits per heavy atom. The zero-order chi connectivity index (χ0) is 22.7. The predicted molar refractivity (Wildman–Crippen MR) is 116 cm³/mol. The second-order valence-corrected chi connectivity index (χ2v) is 7.39. The maximum Gasteiger partial charge on any atom is 0.326 e. The first-order valence-corrected chi connectivity index (χ1v) is 10.3. The third-order valence-corrected chi connectivity index (χ3v) is 5.08. The van der Waals surface area contributed by atoms with Gasteiger partial charge in [0.2, 0.25) is 17.7 Å². The van der Waals surface area contributed by atoms with Crippen LogP contribution in [-0.4, -0.2) is 59.2 Å². The van der Waals surface area contributed by atoms with Gasteiger partial charge < -0.3 is 26.8 Å². The van der Waals surface area contributed by atoms with E-state index in [2.05, 4.69) is 28.6 Å². The fourth-order valence-corrected chi connectivity index (χ4v) is 2.82. The van der Waals surface area contributed by atoms with Gasteiger partial charge in [-0.15, -0.1) is 0 Å². The maximum atomic E-state index is 12.3. The number of aliphatic carboxylic acids is 1. The van der Waals surface area contributed by atoms with Crippen molar-refractivity contribution in [3.63, 3.8) is 0 Å².